The Kier molecular flexibility index (Phi) is 7.43. The number of hydrogen-bond donors (Lipinski definition) is 2. The lowest BCUT2D eigenvalue weighted by molar-refractivity contribution is -0.117. The Hall–Kier alpha value is -1.63. The second kappa shape index (κ2) is 9.35. The summed E-state index contributed by atoms with van der Waals surface area (Å²) in [5.74, 6) is 0.733. The molecular formula is C18H25Cl2N5O. The van der Waals surface area contributed by atoms with Crippen molar-refractivity contribution < 1.29 is 4.79 Å². The Morgan fingerprint density at radius 1 is 1.23 bits per heavy atom. The number of hydrogen-bond acceptors (Lipinski definition) is 4. The molecule has 0 radical (unpaired) electrons. The first-order valence-electron chi connectivity index (χ1n) is 8.76. The van der Waals surface area contributed by atoms with E-state index < -0.39 is 0 Å². The molecule has 2 fully saturated rings. The third kappa shape index (κ3) is 4.75. The van der Waals surface area contributed by atoms with Gasteiger partial charge in [-0.3, -0.25) is 14.5 Å². The molecule has 2 aromatic heterocycles. The first kappa shape index (κ1) is 20.7. The molecule has 1 amide bonds. The molecule has 1 saturated heterocycles. The van der Waals surface area contributed by atoms with Crippen LogP contribution in [0.4, 0.5) is 5.69 Å². The maximum Gasteiger partial charge on any atom is 0.241 e. The van der Waals surface area contributed by atoms with Gasteiger partial charge in [0, 0.05) is 24.6 Å². The molecule has 1 aliphatic heterocycles. The van der Waals surface area contributed by atoms with Gasteiger partial charge in [0.2, 0.25) is 5.91 Å². The molecule has 3 heterocycles. The van der Waals surface area contributed by atoms with Crippen molar-refractivity contribution in [2.45, 2.75) is 50.7 Å². The van der Waals surface area contributed by atoms with E-state index in [2.05, 4.69) is 20.7 Å². The monoisotopic (exact) mass is 397 g/mol. The van der Waals surface area contributed by atoms with Gasteiger partial charge in [-0.05, 0) is 42.9 Å². The van der Waals surface area contributed by atoms with Gasteiger partial charge in [-0.1, -0.05) is 12.8 Å². The van der Waals surface area contributed by atoms with Crippen LogP contribution in [0.25, 0.3) is 0 Å². The number of pyridine rings is 1. The highest BCUT2D eigenvalue weighted by Gasteiger charge is 2.38. The molecule has 2 aromatic rings. The number of nitrogens with zero attached hydrogens (tertiary/aromatic N) is 3. The second-order valence-corrected chi connectivity index (χ2v) is 6.88. The van der Waals surface area contributed by atoms with Crippen molar-refractivity contribution in [1.29, 1.82) is 0 Å². The summed E-state index contributed by atoms with van der Waals surface area (Å²) in [6.45, 7) is 0.671. The Balaban J connectivity index is 0.00000121. The van der Waals surface area contributed by atoms with Crippen LogP contribution in [0.15, 0.2) is 36.9 Å². The zero-order valence-electron chi connectivity index (χ0n) is 14.5. The average molecular weight is 398 g/mol. The van der Waals surface area contributed by atoms with Crippen LogP contribution in [0.5, 0.6) is 0 Å². The van der Waals surface area contributed by atoms with E-state index in [-0.39, 0.29) is 36.8 Å². The first-order valence-corrected chi connectivity index (χ1v) is 8.76. The van der Waals surface area contributed by atoms with Gasteiger partial charge in [0.1, 0.15) is 0 Å². The number of carbonyl (C=O) groups excluding carboxylic acids is 1. The molecule has 8 heteroatoms. The number of halogens is 2. The molecule has 0 aromatic carbocycles. The number of fused-ring (bicyclic) bond motifs is 1. The highest BCUT2D eigenvalue weighted by Crippen LogP contribution is 2.33. The molecular weight excluding hydrogens is 373 g/mol. The quantitative estimate of drug-likeness (QED) is 0.831. The fourth-order valence-electron chi connectivity index (χ4n) is 3.94. The van der Waals surface area contributed by atoms with Crippen LogP contribution in [0, 0.1) is 5.92 Å². The number of anilines is 1. The summed E-state index contributed by atoms with van der Waals surface area (Å²) in [6.07, 6.45) is 13.1. The fourth-order valence-corrected chi connectivity index (χ4v) is 3.94. The molecule has 142 valence electrons. The smallest absolute Gasteiger partial charge is 0.241 e. The van der Waals surface area contributed by atoms with Crippen molar-refractivity contribution in [3.05, 3.63) is 42.5 Å². The van der Waals surface area contributed by atoms with Gasteiger partial charge in [-0.25, -0.2) is 0 Å². The SMILES string of the molecule is Cl.Cl.O=C(Nc1cnn(Cc2ccncc2)c1)C1CC2CCCCC2N1. The molecule has 26 heavy (non-hydrogen) atoms. The van der Waals surface area contributed by atoms with Crippen LogP contribution >= 0.6 is 24.8 Å². The molecule has 3 unspecified atom stereocenters. The third-order valence-electron chi connectivity index (χ3n) is 5.17. The minimum atomic E-state index is -0.0679. The normalized spacial score (nSPS) is 24.1. The predicted molar refractivity (Wildman–Crippen MR) is 106 cm³/mol. The standard InChI is InChI=1S/C18H23N5O.2ClH/c24-18(17-9-14-3-1-2-4-16(14)22-17)21-15-10-20-23(12-15)11-13-5-7-19-8-6-13;;/h5-8,10,12,14,16-17,22H,1-4,9,11H2,(H,21,24);2*1H. The molecule has 6 nitrogen and oxygen atoms in total. The molecule has 3 atom stereocenters. The third-order valence-corrected chi connectivity index (χ3v) is 5.17. The van der Waals surface area contributed by atoms with Crippen LogP contribution < -0.4 is 10.6 Å². The lowest BCUT2D eigenvalue weighted by Crippen LogP contribution is -2.39. The van der Waals surface area contributed by atoms with Gasteiger partial charge in [0.05, 0.1) is 24.5 Å². The van der Waals surface area contributed by atoms with E-state index in [0.29, 0.717) is 18.5 Å². The average Bonchev–Trinajstić information content (AvgIpc) is 3.22. The number of aromatic nitrogens is 3. The van der Waals surface area contributed by atoms with Crippen molar-refractivity contribution >= 4 is 36.4 Å². The van der Waals surface area contributed by atoms with E-state index in [1.807, 2.05) is 23.0 Å². The van der Waals surface area contributed by atoms with Crippen molar-refractivity contribution in [1.82, 2.24) is 20.1 Å². The van der Waals surface area contributed by atoms with Gasteiger partial charge in [-0.2, -0.15) is 5.10 Å². The van der Waals surface area contributed by atoms with E-state index in [0.717, 1.165) is 17.7 Å². The van der Waals surface area contributed by atoms with Crippen LogP contribution in [0.2, 0.25) is 0 Å². The molecule has 0 bridgehead atoms. The van der Waals surface area contributed by atoms with Gasteiger partial charge in [-0.15, -0.1) is 24.8 Å². The predicted octanol–water partition coefficient (Wildman–Crippen LogP) is 3.03. The minimum absolute atomic E-state index is 0. The fraction of sp³-hybridized carbons (Fsp3) is 0.500. The van der Waals surface area contributed by atoms with Crippen LogP contribution in [0.3, 0.4) is 0 Å². The van der Waals surface area contributed by atoms with Gasteiger partial charge >= 0.3 is 0 Å². The van der Waals surface area contributed by atoms with Crippen molar-refractivity contribution in [2.24, 2.45) is 5.92 Å². The number of rotatable bonds is 4. The first-order chi connectivity index (χ1) is 11.8. The van der Waals surface area contributed by atoms with E-state index >= 15 is 0 Å². The number of carbonyl (C=O) groups is 1. The summed E-state index contributed by atoms with van der Waals surface area (Å²) < 4.78 is 1.83. The van der Waals surface area contributed by atoms with Crippen LogP contribution in [0.1, 0.15) is 37.7 Å². The maximum absolute atomic E-state index is 12.5. The summed E-state index contributed by atoms with van der Waals surface area (Å²) in [5.41, 5.74) is 1.89. The molecule has 2 aliphatic rings. The summed E-state index contributed by atoms with van der Waals surface area (Å²) in [6, 6.07) is 4.39. The zero-order valence-corrected chi connectivity index (χ0v) is 16.1. The minimum Gasteiger partial charge on any atom is -0.322 e. The lowest BCUT2D eigenvalue weighted by Gasteiger charge is -2.24. The van der Waals surface area contributed by atoms with E-state index in [9.17, 15) is 4.79 Å². The van der Waals surface area contributed by atoms with Crippen LogP contribution in [-0.4, -0.2) is 32.8 Å². The van der Waals surface area contributed by atoms with E-state index in [1.54, 1.807) is 18.6 Å². The Morgan fingerprint density at radius 2 is 2.00 bits per heavy atom. The highest BCUT2D eigenvalue weighted by molar-refractivity contribution is 5.94. The molecule has 2 N–H and O–H groups in total. The largest absolute Gasteiger partial charge is 0.322 e. The zero-order chi connectivity index (χ0) is 16.4. The van der Waals surface area contributed by atoms with E-state index in [1.165, 1.54) is 25.7 Å². The topological polar surface area (TPSA) is 71.8 Å². The van der Waals surface area contributed by atoms with Crippen molar-refractivity contribution in [3.8, 4) is 0 Å². The van der Waals surface area contributed by atoms with Gasteiger partial charge in [0.25, 0.3) is 0 Å². The lowest BCUT2D eigenvalue weighted by atomic mass is 9.85. The summed E-state index contributed by atoms with van der Waals surface area (Å²) >= 11 is 0. The summed E-state index contributed by atoms with van der Waals surface area (Å²) in [4.78, 5) is 16.5. The second-order valence-electron chi connectivity index (χ2n) is 6.88. The Bertz CT molecular complexity index is 695. The van der Waals surface area contributed by atoms with Crippen molar-refractivity contribution in [2.75, 3.05) is 5.32 Å². The molecule has 4 rings (SSSR count). The van der Waals surface area contributed by atoms with Gasteiger partial charge in [0.15, 0.2) is 0 Å². The van der Waals surface area contributed by atoms with Crippen molar-refractivity contribution in [3.63, 3.8) is 0 Å². The summed E-state index contributed by atoms with van der Waals surface area (Å²) in [5, 5.41) is 10.8. The summed E-state index contributed by atoms with van der Waals surface area (Å²) in [7, 11) is 0. The number of amides is 1. The number of nitrogens with one attached hydrogen (secondary N) is 2. The Labute approximate surface area is 166 Å². The van der Waals surface area contributed by atoms with Gasteiger partial charge < -0.3 is 10.6 Å². The van der Waals surface area contributed by atoms with E-state index in [4.69, 9.17) is 0 Å². The highest BCUT2D eigenvalue weighted by atomic mass is 35.5. The molecule has 1 aliphatic carbocycles. The maximum atomic E-state index is 12.5. The van der Waals surface area contributed by atoms with Crippen LogP contribution in [-0.2, 0) is 11.3 Å². The molecule has 0 spiro atoms. The molecule has 1 saturated carbocycles. The Morgan fingerprint density at radius 3 is 2.77 bits per heavy atom.